The molecule has 0 bridgehead atoms. The Hall–Kier alpha value is -3.96. The fourth-order valence-corrected chi connectivity index (χ4v) is 5.40. The number of benzene rings is 3. The molecule has 0 spiro atoms. The van der Waals surface area contributed by atoms with Crippen LogP contribution >= 0.6 is 0 Å². The number of aromatic amines is 1. The van der Waals surface area contributed by atoms with Gasteiger partial charge >= 0.3 is 0 Å². The van der Waals surface area contributed by atoms with Crippen LogP contribution in [-0.2, 0) is 19.5 Å². The molecule has 3 aromatic carbocycles. The molecule has 1 aliphatic rings. The summed E-state index contributed by atoms with van der Waals surface area (Å²) < 4.78 is 5.57. The zero-order valence-corrected chi connectivity index (χ0v) is 20.5. The molecule has 0 saturated heterocycles. The Morgan fingerprint density at radius 1 is 0.917 bits per heavy atom. The van der Waals surface area contributed by atoms with Gasteiger partial charge in [0.1, 0.15) is 11.6 Å². The van der Waals surface area contributed by atoms with Gasteiger partial charge in [0.2, 0.25) is 0 Å². The number of para-hydroxylation sites is 3. The molecule has 36 heavy (non-hydrogen) atoms. The Morgan fingerprint density at radius 2 is 1.75 bits per heavy atom. The van der Waals surface area contributed by atoms with Crippen molar-refractivity contribution in [2.24, 2.45) is 0 Å². The lowest BCUT2D eigenvalue weighted by Gasteiger charge is -2.34. The first-order chi connectivity index (χ1) is 17.8. The molecule has 5 heteroatoms. The number of aryl methyl sites for hydroxylation is 1. The normalized spacial score (nSPS) is 15.2. The van der Waals surface area contributed by atoms with Gasteiger partial charge in [-0.25, -0.2) is 4.98 Å². The van der Waals surface area contributed by atoms with E-state index in [0.717, 1.165) is 59.7 Å². The molecule has 0 saturated carbocycles. The number of ether oxygens (including phenoxy) is 1. The Bertz CT molecular complexity index is 1440. The van der Waals surface area contributed by atoms with E-state index in [2.05, 4.69) is 64.5 Å². The lowest BCUT2D eigenvalue weighted by molar-refractivity contribution is 0.153. The predicted molar refractivity (Wildman–Crippen MR) is 144 cm³/mol. The molecule has 5 nitrogen and oxygen atoms in total. The highest BCUT2D eigenvalue weighted by Gasteiger charge is 2.28. The van der Waals surface area contributed by atoms with E-state index < -0.39 is 0 Å². The number of rotatable bonds is 7. The molecular formula is C31H30N4O. The Labute approximate surface area is 211 Å². The fourth-order valence-electron chi connectivity index (χ4n) is 5.40. The maximum absolute atomic E-state index is 5.57. The van der Waals surface area contributed by atoms with Crippen LogP contribution in [0.2, 0.25) is 0 Å². The number of methoxy groups -OCH3 is 1. The van der Waals surface area contributed by atoms with Crippen LogP contribution in [0.1, 0.15) is 41.5 Å². The Kier molecular flexibility index (Phi) is 6.22. The van der Waals surface area contributed by atoms with Crippen LogP contribution < -0.4 is 4.74 Å². The summed E-state index contributed by atoms with van der Waals surface area (Å²) in [5, 5.41) is 0. The largest absolute Gasteiger partial charge is 0.496 e. The number of fused-ring (bicyclic) bond motifs is 2. The highest BCUT2D eigenvalue weighted by Crippen LogP contribution is 2.35. The minimum atomic E-state index is 0.261. The topological polar surface area (TPSA) is 54.0 Å². The molecule has 0 aliphatic heterocycles. The summed E-state index contributed by atoms with van der Waals surface area (Å²) in [6, 6.07) is 29.8. The van der Waals surface area contributed by atoms with Crippen LogP contribution in [0.5, 0.6) is 5.75 Å². The molecule has 0 radical (unpaired) electrons. The molecule has 6 rings (SSSR count). The third kappa shape index (κ3) is 4.50. The second-order valence-corrected chi connectivity index (χ2v) is 9.46. The lowest BCUT2D eigenvalue weighted by atomic mass is 9.90. The highest BCUT2D eigenvalue weighted by molar-refractivity contribution is 5.74. The molecule has 1 N–H and O–H groups in total. The van der Waals surface area contributed by atoms with Gasteiger partial charge in [0.15, 0.2) is 0 Å². The van der Waals surface area contributed by atoms with E-state index in [0.29, 0.717) is 0 Å². The monoisotopic (exact) mass is 474 g/mol. The van der Waals surface area contributed by atoms with Crippen molar-refractivity contribution < 1.29 is 4.74 Å². The first-order valence-electron chi connectivity index (χ1n) is 12.6. The van der Waals surface area contributed by atoms with Crippen molar-refractivity contribution in [1.82, 2.24) is 19.9 Å². The molecule has 180 valence electrons. The minimum absolute atomic E-state index is 0.261. The van der Waals surface area contributed by atoms with Crippen LogP contribution in [0.3, 0.4) is 0 Å². The van der Waals surface area contributed by atoms with Crippen molar-refractivity contribution in [2.75, 3.05) is 7.11 Å². The molecule has 0 amide bonds. The van der Waals surface area contributed by atoms with E-state index in [1.54, 1.807) is 7.11 Å². The Balaban J connectivity index is 1.31. The molecule has 1 aliphatic carbocycles. The maximum Gasteiger partial charge on any atom is 0.126 e. The predicted octanol–water partition coefficient (Wildman–Crippen LogP) is 6.71. The molecule has 0 fully saturated rings. The van der Waals surface area contributed by atoms with Gasteiger partial charge in [-0.2, -0.15) is 0 Å². The van der Waals surface area contributed by atoms with Crippen LogP contribution in [0, 0.1) is 0 Å². The first kappa shape index (κ1) is 22.5. The van der Waals surface area contributed by atoms with Gasteiger partial charge in [-0.1, -0.05) is 60.7 Å². The summed E-state index contributed by atoms with van der Waals surface area (Å²) >= 11 is 0. The number of pyridine rings is 1. The number of nitrogens with one attached hydrogen (secondary N) is 1. The van der Waals surface area contributed by atoms with E-state index >= 15 is 0 Å². The average molecular weight is 475 g/mol. The number of hydrogen-bond acceptors (Lipinski definition) is 4. The summed E-state index contributed by atoms with van der Waals surface area (Å²) in [4.78, 5) is 15.8. The summed E-state index contributed by atoms with van der Waals surface area (Å²) in [7, 11) is 1.72. The van der Waals surface area contributed by atoms with E-state index in [-0.39, 0.29) is 6.04 Å². The third-order valence-electron chi connectivity index (χ3n) is 7.16. The van der Waals surface area contributed by atoms with E-state index in [4.69, 9.17) is 14.7 Å². The third-order valence-corrected chi connectivity index (χ3v) is 7.16. The first-order valence-corrected chi connectivity index (χ1v) is 12.6. The van der Waals surface area contributed by atoms with Crippen LogP contribution in [0.25, 0.3) is 22.2 Å². The molecule has 2 aromatic heterocycles. The van der Waals surface area contributed by atoms with Crippen molar-refractivity contribution in [3.8, 4) is 16.9 Å². The number of imidazole rings is 1. The van der Waals surface area contributed by atoms with Gasteiger partial charge < -0.3 is 9.72 Å². The van der Waals surface area contributed by atoms with Gasteiger partial charge in [0, 0.05) is 18.3 Å². The average Bonchev–Trinajstić information content (AvgIpc) is 3.35. The smallest absolute Gasteiger partial charge is 0.126 e. The number of aromatic nitrogens is 3. The summed E-state index contributed by atoms with van der Waals surface area (Å²) in [5.74, 6) is 1.88. The van der Waals surface area contributed by atoms with Crippen molar-refractivity contribution >= 4 is 11.0 Å². The minimum Gasteiger partial charge on any atom is -0.496 e. The quantitative estimate of drug-likeness (QED) is 0.285. The zero-order valence-electron chi connectivity index (χ0n) is 20.5. The second kappa shape index (κ2) is 9.96. The SMILES string of the molecule is COc1ccccc1-c1ccc(CN(Cc2nc3ccccc3[nH]2)C2CCCc3cccnc32)cc1. The molecule has 1 unspecified atom stereocenters. The van der Waals surface area contributed by atoms with Crippen LogP contribution in [0.15, 0.2) is 91.1 Å². The van der Waals surface area contributed by atoms with Gasteiger partial charge in [0.05, 0.1) is 36.4 Å². The maximum atomic E-state index is 5.57. The lowest BCUT2D eigenvalue weighted by Crippen LogP contribution is -2.31. The molecule has 2 heterocycles. The van der Waals surface area contributed by atoms with Gasteiger partial charge in [-0.3, -0.25) is 9.88 Å². The molecule has 5 aromatic rings. The summed E-state index contributed by atoms with van der Waals surface area (Å²) in [6.45, 7) is 1.56. The van der Waals surface area contributed by atoms with E-state index in [1.165, 1.54) is 23.2 Å². The Morgan fingerprint density at radius 3 is 2.61 bits per heavy atom. The van der Waals surface area contributed by atoms with Gasteiger partial charge in [-0.15, -0.1) is 0 Å². The van der Waals surface area contributed by atoms with E-state index in [9.17, 15) is 0 Å². The van der Waals surface area contributed by atoms with Gasteiger partial charge in [-0.05, 0) is 60.2 Å². The van der Waals surface area contributed by atoms with Gasteiger partial charge in [0.25, 0.3) is 0 Å². The zero-order chi connectivity index (χ0) is 24.3. The number of nitrogens with zero attached hydrogens (tertiary/aromatic N) is 3. The van der Waals surface area contributed by atoms with Crippen molar-refractivity contribution in [1.29, 1.82) is 0 Å². The summed E-state index contributed by atoms with van der Waals surface area (Å²) in [5.41, 5.74) is 8.21. The standard InChI is InChI=1S/C31H30N4O/c1-36-29-14-5-2-10-25(29)23-17-15-22(16-18-23)20-35(21-30-33-26-11-3-4-12-27(26)34-30)28-13-6-8-24-9-7-19-32-31(24)28/h2-5,7,9-12,14-19,28H,6,8,13,20-21H2,1H3,(H,33,34). The number of hydrogen-bond donors (Lipinski definition) is 1. The second-order valence-electron chi connectivity index (χ2n) is 9.46. The molecular weight excluding hydrogens is 444 g/mol. The molecule has 1 atom stereocenters. The van der Waals surface area contributed by atoms with Crippen molar-refractivity contribution in [3.63, 3.8) is 0 Å². The van der Waals surface area contributed by atoms with Crippen LogP contribution in [-0.4, -0.2) is 27.0 Å². The fraction of sp³-hybridized carbons (Fsp3) is 0.226. The summed E-state index contributed by atoms with van der Waals surface area (Å²) in [6.07, 6.45) is 5.31. The van der Waals surface area contributed by atoms with E-state index in [1.807, 2.05) is 36.5 Å². The number of H-pyrrole nitrogens is 1. The van der Waals surface area contributed by atoms with Crippen LogP contribution in [0.4, 0.5) is 0 Å². The van der Waals surface area contributed by atoms with Crippen molar-refractivity contribution in [2.45, 2.75) is 38.4 Å². The highest BCUT2D eigenvalue weighted by atomic mass is 16.5. The van der Waals surface area contributed by atoms with Crippen molar-refractivity contribution in [3.05, 3.63) is 114 Å².